The summed E-state index contributed by atoms with van der Waals surface area (Å²) in [5, 5.41) is 12.3. The average Bonchev–Trinajstić information content (AvgIpc) is 2.60. The molecule has 1 aromatic heterocycles. The van der Waals surface area contributed by atoms with Crippen LogP contribution in [-0.4, -0.2) is 35.7 Å². The molecule has 0 atom stereocenters. The molecule has 0 radical (unpaired) electrons. The van der Waals surface area contributed by atoms with E-state index in [0.717, 1.165) is 50.3 Å². The zero-order valence-electron chi connectivity index (χ0n) is 14.3. The van der Waals surface area contributed by atoms with Gasteiger partial charge in [-0.2, -0.15) is 0 Å². The lowest BCUT2D eigenvalue weighted by Gasteiger charge is -2.33. The number of nitrogens with one attached hydrogen (secondary N) is 1. The van der Waals surface area contributed by atoms with Crippen LogP contribution in [0.5, 0.6) is 0 Å². The Hall–Kier alpha value is -1.62. The van der Waals surface area contributed by atoms with Crippen molar-refractivity contribution < 1.29 is 9.90 Å². The standard InChI is InChI=1S/C18H29N3O2/c1-3-14(4-2)12-17(23)20-16-6-5-9-19-18(16)21-10-7-15(13-22)8-11-21/h5-6,9,14-15,22H,3-4,7-8,10-13H2,1-2H3,(H,20,23). The molecule has 2 rings (SSSR count). The predicted octanol–water partition coefficient (Wildman–Crippen LogP) is 3.06. The van der Waals surface area contributed by atoms with E-state index in [2.05, 4.69) is 29.0 Å². The van der Waals surface area contributed by atoms with E-state index in [0.29, 0.717) is 18.3 Å². The van der Waals surface area contributed by atoms with E-state index in [4.69, 9.17) is 0 Å². The number of carbonyl (C=O) groups excluding carboxylic acids is 1. The highest BCUT2D eigenvalue weighted by Crippen LogP contribution is 2.28. The minimum atomic E-state index is 0.0678. The number of rotatable bonds is 7. The summed E-state index contributed by atoms with van der Waals surface area (Å²) in [4.78, 5) is 19.0. The molecule has 0 spiro atoms. The Morgan fingerprint density at radius 3 is 2.70 bits per heavy atom. The number of piperidine rings is 1. The van der Waals surface area contributed by atoms with Crippen LogP contribution in [0.3, 0.4) is 0 Å². The molecular weight excluding hydrogens is 290 g/mol. The van der Waals surface area contributed by atoms with Gasteiger partial charge in [0.15, 0.2) is 5.82 Å². The molecule has 1 aliphatic rings. The molecule has 5 heteroatoms. The number of aromatic nitrogens is 1. The van der Waals surface area contributed by atoms with Crippen molar-refractivity contribution in [3.63, 3.8) is 0 Å². The van der Waals surface area contributed by atoms with E-state index in [1.54, 1.807) is 6.20 Å². The van der Waals surface area contributed by atoms with Gasteiger partial charge >= 0.3 is 0 Å². The lowest BCUT2D eigenvalue weighted by molar-refractivity contribution is -0.117. The van der Waals surface area contributed by atoms with E-state index in [1.807, 2.05) is 12.1 Å². The van der Waals surface area contributed by atoms with Crippen molar-refractivity contribution in [2.45, 2.75) is 46.0 Å². The second kappa shape index (κ2) is 8.87. The van der Waals surface area contributed by atoms with Gasteiger partial charge in [0.1, 0.15) is 0 Å². The molecule has 1 amide bonds. The zero-order valence-corrected chi connectivity index (χ0v) is 14.3. The van der Waals surface area contributed by atoms with E-state index in [9.17, 15) is 9.90 Å². The van der Waals surface area contributed by atoms with Crippen molar-refractivity contribution in [1.29, 1.82) is 0 Å². The van der Waals surface area contributed by atoms with Gasteiger partial charge in [-0.05, 0) is 36.8 Å². The fourth-order valence-electron chi connectivity index (χ4n) is 3.11. The second-order valence-corrected chi connectivity index (χ2v) is 6.42. The first-order chi connectivity index (χ1) is 11.2. The molecule has 0 bridgehead atoms. The summed E-state index contributed by atoms with van der Waals surface area (Å²) >= 11 is 0. The zero-order chi connectivity index (χ0) is 16.7. The Bertz CT molecular complexity index is 495. The van der Waals surface area contributed by atoms with Crippen LogP contribution in [0.2, 0.25) is 0 Å². The van der Waals surface area contributed by atoms with Crippen LogP contribution in [-0.2, 0) is 4.79 Å². The van der Waals surface area contributed by atoms with Crippen molar-refractivity contribution in [1.82, 2.24) is 4.98 Å². The minimum absolute atomic E-state index is 0.0678. The monoisotopic (exact) mass is 319 g/mol. The molecule has 5 nitrogen and oxygen atoms in total. The first-order valence-electron chi connectivity index (χ1n) is 8.78. The van der Waals surface area contributed by atoms with Crippen LogP contribution in [0.1, 0.15) is 46.0 Å². The number of anilines is 2. The van der Waals surface area contributed by atoms with E-state index in [1.165, 1.54) is 0 Å². The van der Waals surface area contributed by atoms with Crippen LogP contribution in [0.25, 0.3) is 0 Å². The van der Waals surface area contributed by atoms with E-state index < -0.39 is 0 Å². The number of carbonyl (C=O) groups is 1. The Morgan fingerprint density at radius 1 is 1.39 bits per heavy atom. The third kappa shape index (κ3) is 4.93. The van der Waals surface area contributed by atoms with E-state index >= 15 is 0 Å². The number of aliphatic hydroxyl groups excluding tert-OH is 1. The summed E-state index contributed by atoms with van der Waals surface area (Å²) in [5.74, 6) is 1.75. The molecule has 1 aliphatic heterocycles. The number of hydrogen-bond acceptors (Lipinski definition) is 4. The fraction of sp³-hybridized carbons (Fsp3) is 0.667. The predicted molar refractivity (Wildman–Crippen MR) is 93.6 cm³/mol. The average molecular weight is 319 g/mol. The highest BCUT2D eigenvalue weighted by molar-refractivity contribution is 5.93. The first kappa shape index (κ1) is 17.7. The maximum atomic E-state index is 12.3. The van der Waals surface area contributed by atoms with Crippen molar-refractivity contribution in [3.8, 4) is 0 Å². The molecule has 0 aliphatic carbocycles. The molecular formula is C18H29N3O2. The number of hydrogen-bond donors (Lipinski definition) is 2. The molecule has 0 aromatic carbocycles. The fourth-order valence-corrected chi connectivity index (χ4v) is 3.11. The maximum Gasteiger partial charge on any atom is 0.224 e. The summed E-state index contributed by atoms with van der Waals surface area (Å²) in [6.07, 6.45) is 6.32. The van der Waals surface area contributed by atoms with Crippen molar-refractivity contribution in [2.75, 3.05) is 29.9 Å². The molecule has 0 saturated carbocycles. The van der Waals surface area contributed by atoms with Gasteiger partial charge in [-0.25, -0.2) is 4.98 Å². The summed E-state index contributed by atoms with van der Waals surface area (Å²) in [6.45, 7) is 6.26. The molecule has 1 saturated heterocycles. The first-order valence-corrected chi connectivity index (χ1v) is 8.78. The van der Waals surface area contributed by atoms with Gasteiger partial charge in [0.2, 0.25) is 5.91 Å². The number of aliphatic hydroxyl groups is 1. The lowest BCUT2D eigenvalue weighted by atomic mass is 9.98. The van der Waals surface area contributed by atoms with E-state index in [-0.39, 0.29) is 12.5 Å². The molecule has 1 aromatic rings. The summed E-state index contributed by atoms with van der Waals surface area (Å²) in [5.41, 5.74) is 0.797. The summed E-state index contributed by atoms with van der Waals surface area (Å²) in [6, 6.07) is 3.78. The van der Waals surface area contributed by atoms with Crippen molar-refractivity contribution in [2.24, 2.45) is 11.8 Å². The Kier molecular flexibility index (Phi) is 6.84. The van der Waals surface area contributed by atoms with Crippen LogP contribution < -0.4 is 10.2 Å². The number of pyridine rings is 1. The van der Waals surface area contributed by atoms with Gasteiger partial charge in [0.25, 0.3) is 0 Å². The van der Waals surface area contributed by atoms with Crippen LogP contribution >= 0.6 is 0 Å². The Morgan fingerprint density at radius 2 is 2.09 bits per heavy atom. The second-order valence-electron chi connectivity index (χ2n) is 6.42. The van der Waals surface area contributed by atoms with Gasteiger partial charge in [-0.15, -0.1) is 0 Å². The molecule has 128 valence electrons. The third-order valence-corrected chi connectivity index (χ3v) is 4.86. The van der Waals surface area contributed by atoms with Crippen LogP contribution in [0.4, 0.5) is 11.5 Å². The van der Waals surface area contributed by atoms with Gasteiger partial charge < -0.3 is 15.3 Å². The summed E-state index contributed by atoms with van der Waals surface area (Å²) < 4.78 is 0. The molecule has 2 heterocycles. The van der Waals surface area contributed by atoms with Crippen LogP contribution in [0, 0.1) is 11.8 Å². The van der Waals surface area contributed by atoms with Gasteiger partial charge in [0.05, 0.1) is 5.69 Å². The normalized spacial score (nSPS) is 15.9. The maximum absolute atomic E-state index is 12.3. The van der Waals surface area contributed by atoms with Crippen molar-refractivity contribution in [3.05, 3.63) is 18.3 Å². The number of amides is 1. The molecule has 23 heavy (non-hydrogen) atoms. The van der Waals surface area contributed by atoms with Gasteiger partial charge in [0, 0.05) is 32.3 Å². The van der Waals surface area contributed by atoms with Gasteiger partial charge in [-0.3, -0.25) is 4.79 Å². The Labute approximate surface area is 139 Å². The third-order valence-electron chi connectivity index (χ3n) is 4.86. The highest BCUT2D eigenvalue weighted by Gasteiger charge is 2.22. The largest absolute Gasteiger partial charge is 0.396 e. The minimum Gasteiger partial charge on any atom is -0.396 e. The molecule has 1 fully saturated rings. The van der Waals surface area contributed by atoms with Crippen LogP contribution in [0.15, 0.2) is 18.3 Å². The SMILES string of the molecule is CCC(CC)CC(=O)Nc1cccnc1N1CCC(CO)CC1. The number of nitrogens with zero attached hydrogens (tertiary/aromatic N) is 2. The smallest absolute Gasteiger partial charge is 0.224 e. The topological polar surface area (TPSA) is 65.5 Å². The quantitative estimate of drug-likeness (QED) is 0.810. The van der Waals surface area contributed by atoms with Crippen molar-refractivity contribution >= 4 is 17.4 Å². The highest BCUT2D eigenvalue weighted by atomic mass is 16.3. The summed E-state index contributed by atoms with van der Waals surface area (Å²) in [7, 11) is 0. The molecule has 2 N–H and O–H groups in total. The van der Waals surface area contributed by atoms with Gasteiger partial charge in [-0.1, -0.05) is 26.7 Å². The Balaban J connectivity index is 2.01. The lowest BCUT2D eigenvalue weighted by Crippen LogP contribution is -2.36. The molecule has 0 unspecified atom stereocenters.